The normalized spacial score (nSPS) is 19.3. The molecule has 1 aliphatic heterocycles. The van der Waals surface area contributed by atoms with Crippen LogP contribution in [-0.4, -0.2) is 35.0 Å². The lowest BCUT2D eigenvalue weighted by Crippen LogP contribution is -2.40. The molecule has 2 heterocycles. The van der Waals surface area contributed by atoms with Crippen LogP contribution in [0.1, 0.15) is 16.9 Å². The van der Waals surface area contributed by atoms with E-state index in [1.165, 1.54) is 23.2 Å². The molecule has 90 valence electrons. The van der Waals surface area contributed by atoms with Gasteiger partial charge in [-0.05, 0) is 12.5 Å². The van der Waals surface area contributed by atoms with Gasteiger partial charge in [0, 0.05) is 25.2 Å². The van der Waals surface area contributed by atoms with Crippen LogP contribution in [0.5, 0.6) is 0 Å². The van der Waals surface area contributed by atoms with Crippen LogP contribution in [0, 0.1) is 11.1 Å². The molecule has 0 bridgehead atoms. The predicted molar refractivity (Wildman–Crippen MR) is 57.0 cm³/mol. The van der Waals surface area contributed by atoms with Crippen molar-refractivity contribution < 1.29 is 19.4 Å². The first-order valence-corrected chi connectivity index (χ1v) is 5.30. The van der Waals surface area contributed by atoms with Gasteiger partial charge < -0.3 is 15.2 Å². The van der Waals surface area contributed by atoms with E-state index in [2.05, 4.69) is 0 Å². The third-order valence-electron chi connectivity index (χ3n) is 2.87. The number of aliphatic carboxylic acids is 1. The minimum atomic E-state index is -0.900. The van der Waals surface area contributed by atoms with Crippen molar-refractivity contribution >= 4 is 11.9 Å². The van der Waals surface area contributed by atoms with Crippen molar-refractivity contribution in [2.24, 2.45) is 5.92 Å². The second kappa shape index (κ2) is 4.40. The number of carboxylic acids is 1. The molecule has 0 aliphatic carbocycles. The molecule has 1 aromatic heterocycles. The van der Waals surface area contributed by atoms with Gasteiger partial charge in [0.2, 0.25) is 0 Å². The smallest absolute Gasteiger partial charge is 0.319 e. The van der Waals surface area contributed by atoms with E-state index in [9.17, 15) is 14.8 Å². The molecule has 17 heavy (non-hydrogen) atoms. The highest BCUT2D eigenvalue weighted by atomic mass is 16.5. The summed E-state index contributed by atoms with van der Waals surface area (Å²) in [6.45, 7) is 0.549. The maximum absolute atomic E-state index is 11.9. The SMILES string of the molecule is O=C(O)C1CCN(C(=O)c2cccc[n+]2[O-])C1. The third kappa shape index (κ3) is 2.20. The Morgan fingerprint density at radius 3 is 2.82 bits per heavy atom. The molecule has 1 aliphatic rings. The number of pyridine rings is 1. The minimum Gasteiger partial charge on any atom is -0.618 e. The molecule has 0 saturated carbocycles. The Balaban J connectivity index is 2.13. The number of carbonyl (C=O) groups is 2. The van der Waals surface area contributed by atoms with Gasteiger partial charge in [0.05, 0.1) is 5.92 Å². The number of rotatable bonds is 2. The van der Waals surface area contributed by atoms with E-state index in [1.54, 1.807) is 6.07 Å². The highest BCUT2D eigenvalue weighted by Crippen LogP contribution is 2.17. The van der Waals surface area contributed by atoms with Gasteiger partial charge in [-0.25, -0.2) is 0 Å². The topological polar surface area (TPSA) is 84.5 Å². The fourth-order valence-electron chi connectivity index (χ4n) is 1.90. The lowest BCUT2D eigenvalue weighted by Gasteiger charge is -2.14. The van der Waals surface area contributed by atoms with Crippen LogP contribution in [0.25, 0.3) is 0 Å². The first-order chi connectivity index (χ1) is 8.09. The van der Waals surface area contributed by atoms with Gasteiger partial charge in [-0.3, -0.25) is 9.59 Å². The lowest BCUT2D eigenvalue weighted by atomic mass is 10.1. The molecule has 0 aromatic carbocycles. The summed E-state index contributed by atoms with van der Waals surface area (Å²) in [5.41, 5.74) is 0.0264. The summed E-state index contributed by atoms with van der Waals surface area (Å²) in [4.78, 5) is 24.1. The van der Waals surface area contributed by atoms with Crippen LogP contribution in [0.15, 0.2) is 24.4 Å². The van der Waals surface area contributed by atoms with Crippen LogP contribution >= 0.6 is 0 Å². The molecule has 1 saturated heterocycles. The van der Waals surface area contributed by atoms with E-state index >= 15 is 0 Å². The summed E-state index contributed by atoms with van der Waals surface area (Å²) >= 11 is 0. The molecule has 0 spiro atoms. The monoisotopic (exact) mass is 236 g/mol. The second-order valence-corrected chi connectivity index (χ2v) is 3.99. The Morgan fingerprint density at radius 2 is 2.24 bits per heavy atom. The third-order valence-corrected chi connectivity index (χ3v) is 2.87. The number of hydrogen-bond acceptors (Lipinski definition) is 3. The van der Waals surface area contributed by atoms with Crippen LogP contribution in [0.4, 0.5) is 0 Å². The van der Waals surface area contributed by atoms with Gasteiger partial charge in [-0.2, -0.15) is 4.73 Å². The van der Waals surface area contributed by atoms with Crippen LogP contribution in [0.2, 0.25) is 0 Å². The molecule has 1 atom stereocenters. The molecule has 0 radical (unpaired) electrons. The van der Waals surface area contributed by atoms with Crippen molar-refractivity contribution in [1.29, 1.82) is 0 Å². The quantitative estimate of drug-likeness (QED) is 0.572. The zero-order valence-corrected chi connectivity index (χ0v) is 9.07. The molecule has 1 unspecified atom stereocenters. The lowest BCUT2D eigenvalue weighted by molar-refractivity contribution is -0.608. The number of nitrogens with zero attached hydrogens (tertiary/aromatic N) is 2. The van der Waals surface area contributed by atoms with Crippen molar-refractivity contribution in [3.63, 3.8) is 0 Å². The van der Waals surface area contributed by atoms with Crippen LogP contribution < -0.4 is 4.73 Å². The van der Waals surface area contributed by atoms with Crippen LogP contribution in [-0.2, 0) is 4.79 Å². The molecule has 6 nitrogen and oxygen atoms in total. The van der Waals surface area contributed by atoms with Gasteiger partial charge >= 0.3 is 11.9 Å². The standard InChI is InChI=1S/C11H12N2O4/c14-10(9-3-1-2-5-13(9)17)12-6-4-8(7-12)11(15)16/h1-3,5,8H,4,6-7H2,(H,15,16). The van der Waals surface area contributed by atoms with E-state index in [1.807, 2.05) is 0 Å². The zero-order valence-electron chi connectivity index (χ0n) is 9.07. The first kappa shape index (κ1) is 11.4. The van der Waals surface area contributed by atoms with Gasteiger partial charge in [-0.15, -0.1) is 0 Å². The number of carboxylic acid groups (broad SMARTS) is 1. The summed E-state index contributed by atoms with van der Waals surface area (Å²) in [6.07, 6.45) is 1.69. The average Bonchev–Trinajstić information content (AvgIpc) is 2.78. The Labute approximate surface area is 97.7 Å². The average molecular weight is 236 g/mol. The predicted octanol–water partition coefficient (Wildman–Crippen LogP) is -0.133. The number of aromatic nitrogens is 1. The summed E-state index contributed by atoms with van der Waals surface area (Å²) < 4.78 is 0.496. The van der Waals surface area contributed by atoms with Gasteiger partial charge in [0.15, 0.2) is 6.20 Å². The maximum atomic E-state index is 11.9. The number of likely N-dealkylation sites (tertiary alicyclic amines) is 1. The Morgan fingerprint density at radius 1 is 1.47 bits per heavy atom. The maximum Gasteiger partial charge on any atom is 0.319 e. The summed E-state index contributed by atoms with van der Waals surface area (Å²) in [5, 5.41) is 20.2. The molecule has 2 rings (SSSR count). The summed E-state index contributed by atoms with van der Waals surface area (Å²) in [6, 6.07) is 4.57. The summed E-state index contributed by atoms with van der Waals surface area (Å²) in [7, 11) is 0. The van der Waals surface area contributed by atoms with Crippen molar-refractivity contribution in [3.05, 3.63) is 35.3 Å². The Bertz CT molecular complexity index is 461. The van der Waals surface area contributed by atoms with E-state index in [-0.39, 0.29) is 12.2 Å². The number of carbonyl (C=O) groups excluding carboxylic acids is 1. The van der Waals surface area contributed by atoms with Crippen LogP contribution in [0.3, 0.4) is 0 Å². The largest absolute Gasteiger partial charge is 0.618 e. The molecular formula is C11H12N2O4. The van der Waals surface area contributed by atoms with E-state index < -0.39 is 17.8 Å². The second-order valence-electron chi connectivity index (χ2n) is 3.99. The highest BCUT2D eigenvalue weighted by Gasteiger charge is 2.33. The van der Waals surface area contributed by atoms with Crippen molar-refractivity contribution in [2.75, 3.05) is 13.1 Å². The first-order valence-electron chi connectivity index (χ1n) is 5.30. The van der Waals surface area contributed by atoms with E-state index in [0.717, 1.165) is 0 Å². The fraction of sp³-hybridized carbons (Fsp3) is 0.364. The van der Waals surface area contributed by atoms with Crippen molar-refractivity contribution in [2.45, 2.75) is 6.42 Å². The Hall–Kier alpha value is -2.11. The fourth-order valence-corrected chi connectivity index (χ4v) is 1.90. The van der Waals surface area contributed by atoms with Crippen molar-refractivity contribution in [1.82, 2.24) is 4.90 Å². The molecule has 1 aromatic rings. The summed E-state index contributed by atoms with van der Waals surface area (Å²) in [5.74, 6) is -1.84. The van der Waals surface area contributed by atoms with Gasteiger partial charge in [0.1, 0.15) is 0 Å². The molecule has 1 amide bonds. The van der Waals surface area contributed by atoms with E-state index in [4.69, 9.17) is 5.11 Å². The van der Waals surface area contributed by atoms with Gasteiger partial charge in [-0.1, -0.05) is 0 Å². The Kier molecular flexibility index (Phi) is 2.95. The van der Waals surface area contributed by atoms with Crippen molar-refractivity contribution in [3.8, 4) is 0 Å². The molecule has 6 heteroatoms. The molecule has 1 fully saturated rings. The molecular weight excluding hydrogens is 224 g/mol. The number of hydrogen-bond donors (Lipinski definition) is 1. The molecule has 1 N–H and O–H groups in total. The minimum absolute atomic E-state index is 0.0264. The zero-order chi connectivity index (χ0) is 12.4. The highest BCUT2D eigenvalue weighted by molar-refractivity contribution is 5.91. The van der Waals surface area contributed by atoms with Gasteiger partial charge in [0.25, 0.3) is 5.69 Å². The van der Waals surface area contributed by atoms with E-state index in [0.29, 0.717) is 17.7 Å². The number of amides is 1.